The number of rotatable bonds is 8. The Bertz CT molecular complexity index is 797. The first-order valence-electron chi connectivity index (χ1n) is 8.00. The van der Waals surface area contributed by atoms with E-state index >= 15 is 0 Å². The molecule has 2 amide bonds. The number of hydrogen-bond donors (Lipinski definition) is 1. The van der Waals surface area contributed by atoms with E-state index in [1.165, 1.54) is 18.1 Å². The molecule has 0 unspecified atom stereocenters. The van der Waals surface area contributed by atoms with Gasteiger partial charge in [-0.05, 0) is 24.3 Å². The van der Waals surface area contributed by atoms with Gasteiger partial charge in [0.05, 0.1) is 28.9 Å². The Labute approximate surface area is 167 Å². The Balaban J connectivity index is 2.04. The first kappa shape index (κ1) is 21.0. The standard InChI is InChI=1S/C18H19Cl2N3O4/c1-23(11-15(24)22-16-13(19)6-3-7-14(16)20)18(25)12-5-4-8-21-17(12)27-10-9-26-2/h3-8H,9-11H2,1-2H3,(H,22,24). The number of carbonyl (C=O) groups excluding carboxylic acids is 2. The molecule has 2 rings (SSSR count). The monoisotopic (exact) mass is 411 g/mol. The van der Waals surface area contributed by atoms with Crippen molar-refractivity contribution in [2.24, 2.45) is 0 Å². The van der Waals surface area contributed by atoms with Gasteiger partial charge in [0.25, 0.3) is 5.91 Å². The summed E-state index contributed by atoms with van der Waals surface area (Å²) >= 11 is 12.1. The van der Waals surface area contributed by atoms with Crippen LogP contribution < -0.4 is 10.1 Å². The van der Waals surface area contributed by atoms with E-state index in [1.54, 1.807) is 37.4 Å². The van der Waals surface area contributed by atoms with Crippen LogP contribution >= 0.6 is 23.2 Å². The number of carbonyl (C=O) groups is 2. The van der Waals surface area contributed by atoms with Crippen molar-refractivity contribution in [3.63, 3.8) is 0 Å². The molecule has 0 radical (unpaired) electrons. The summed E-state index contributed by atoms with van der Waals surface area (Å²) < 4.78 is 10.4. The number of nitrogens with zero attached hydrogens (tertiary/aromatic N) is 2. The molecule has 0 aliphatic heterocycles. The number of hydrogen-bond acceptors (Lipinski definition) is 5. The van der Waals surface area contributed by atoms with Crippen molar-refractivity contribution in [1.29, 1.82) is 0 Å². The molecule has 0 aliphatic carbocycles. The number of amides is 2. The lowest BCUT2D eigenvalue weighted by Gasteiger charge is -2.18. The minimum Gasteiger partial charge on any atom is -0.475 e. The molecule has 1 heterocycles. The molecular formula is C18H19Cl2N3O4. The maximum absolute atomic E-state index is 12.7. The first-order valence-corrected chi connectivity index (χ1v) is 8.75. The third-order valence-electron chi connectivity index (χ3n) is 3.48. The lowest BCUT2D eigenvalue weighted by Crippen LogP contribution is -2.35. The van der Waals surface area contributed by atoms with Gasteiger partial charge in [-0.25, -0.2) is 4.98 Å². The molecule has 9 heteroatoms. The third kappa shape index (κ3) is 5.82. The van der Waals surface area contributed by atoms with Crippen LogP contribution in [-0.2, 0) is 9.53 Å². The van der Waals surface area contributed by atoms with Crippen LogP contribution in [0.1, 0.15) is 10.4 Å². The zero-order chi connectivity index (χ0) is 19.8. The van der Waals surface area contributed by atoms with Crippen molar-refractivity contribution in [2.45, 2.75) is 0 Å². The molecule has 27 heavy (non-hydrogen) atoms. The van der Waals surface area contributed by atoms with Crippen LogP contribution in [0, 0.1) is 0 Å². The number of para-hydroxylation sites is 1. The summed E-state index contributed by atoms with van der Waals surface area (Å²) in [6.45, 7) is 0.414. The molecule has 1 aromatic heterocycles. The van der Waals surface area contributed by atoms with Gasteiger partial charge in [-0.1, -0.05) is 29.3 Å². The number of aromatic nitrogens is 1. The van der Waals surface area contributed by atoms with Crippen molar-refractivity contribution in [2.75, 3.05) is 39.2 Å². The SMILES string of the molecule is COCCOc1ncccc1C(=O)N(C)CC(=O)Nc1c(Cl)cccc1Cl. The van der Waals surface area contributed by atoms with Crippen LogP contribution in [0.3, 0.4) is 0 Å². The minimum absolute atomic E-state index is 0.181. The second-order valence-corrected chi connectivity index (χ2v) is 6.32. The van der Waals surface area contributed by atoms with Gasteiger partial charge < -0.3 is 19.7 Å². The molecule has 1 aromatic carbocycles. The lowest BCUT2D eigenvalue weighted by molar-refractivity contribution is -0.116. The van der Waals surface area contributed by atoms with Crippen LogP contribution in [-0.4, -0.2) is 55.6 Å². The van der Waals surface area contributed by atoms with Crippen LogP contribution in [0.25, 0.3) is 0 Å². The molecule has 0 saturated heterocycles. The van der Waals surface area contributed by atoms with E-state index in [1.807, 2.05) is 0 Å². The lowest BCUT2D eigenvalue weighted by atomic mass is 10.2. The normalized spacial score (nSPS) is 10.4. The van der Waals surface area contributed by atoms with Gasteiger partial charge in [0, 0.05) is 20.4 Å². The van der Waals surface area contributed by atoms with Crippen molar-refractivity contribution in [1.82, 2.24) is 9.88 Å². The molecular weight excluding hydrogens is 393 g/mol. The average Bonchev–Trinajstić information content (AvgIpc) is 2.65. The summed E-state index contributed by atoms with van der Waals surface area (Å²) in [5.41, 5.74) is 0.552. The van der Waals surface area contributed by atoms with Crippen LogP contribution in [0.2, 0.25) is 10.0 Å². The quantitative estimate of drug-likeness (QED) is 0.674. The van der Waals surface area contributed by atoms with Crippen LogP contribution in [0.15, 0.2) is 36.5 Å². The van der Waals surface area contributed by atoms with E-state index < -0.39 is 11.8 Å². The van der Waals surface area contributed by atoms with Crippen LogP contribution in [0.5, 0.6) is 5.88 Å². The number of benzene rings is 1. The number of likely N-dealkylation sites (N-methyl/N-ethyl adjacent to an activating group) is 1. The maximum atomic E-state index is 12.7. The van der Waals surface area contributed by atoms with Crippen molar-refractivity contribution in [3.8, 4) is 5.88 Å². The molecule has 0 spiro atoms. The second-order valence-electron chi connectivity index (χ2n) is 5.50. The molecule has 0 atom stereocenters. The van der Waals surface area contributed by atoms with E-state index in [4.69, 9.17) is 32.7 Å². The Morgan fingerprint density at radius 3 is 2.52 bits per heavy atom. The molecule has 7 nitrogen and oxygen atoms in total. The molecule has 0 aliphatic rings. The Kier molecular flexibility index (Phi) is 7.84. The highest BCUT2D eigenvalue weighted by Crippen LogP contribution is 2.29. The summed E-state index contributed by atoms with van der Waals surface area (Å²) in [6, 6.07) is 8.09. The molecule has 0 saturated carbocycles. The fourth-order valence-electron chi connectivity index (χ4n) is 2.18. The van der Waals surface area contributed by atoms with Gasteiger partial charge in [0.1, 0.15) is 12.2 Å². The van der Waals surface area contributed by atoms with Gasteiger partial charge in [0.2, 0.25) is 11.8 Å². The number of halogens is 2. The van der Waals surface area contributed by atoms with E-state index in [0.717, 1.165) is 0 Å². The number of pyridine rings is 1. The highest BCUT2D eigenvalue weighted by atomic mass is 35.5. The Morgan fingerprint density at radius 1 is 1.15 bits per heavy atom. The zero-order valence-corrected chi connectivity index (χ0v) is 16.4. The molecule has 0 fully saturated rings. The summed E-state index contributed by atoms with van der Waals surface area (Å²) in [7, 11) is 3.05. The van der Waals surface area contributed by atoms with Gasteiger partial charge in [-0.2, -0.15) is 0 Å². The average molecular weight is 412 g/mol. The Morgan fingerprint density at radius 2 is 1.85 bits per heavy atom. The van der Waals surface area contributed by atoms with E-state index in [0.29, 0.717) is 22.3 Å². The van der Waals surface area contributed by atoms with Gasteiger partial charge in [-0.15, -0.1) is 0 Å². The third-order valence-corrected chi connectivity index (χ3v) is 4.11. The van der Waals surface area contributed by atoms with E-state index in [-0.39, 0.29) is 24.6 Å². The number of anilines is 1. The zero-order valence-electron chi connectivity index (χ0n) is 14.9. The highest BCUT2D eigenvalue weighted by Gasteiger charge is 2.20. The van der Waals surface area contributed by atoms with Gasteiger partial charge >= 0.3 is 0 Å². The van der Waals surface area contributed by atoms with E-state index in [2.05, 4.69) is 10.3 Å². The smallest absolute Gasteiger partial charge is 0.259 e. The Hall–Kier alpha value is -2.35. The molecule has 2 aromatic rings. The number of nitrogens with one attached hydrogen (secondary N) is 1. The van der Waals surface area contributed by atoms with Gasteiger partial charge in [-0.3, -0.25) is 9.59 Å². The van der Waals surface area contributed by atoms with E-state index in [9.17, 15) is 9.59 Å². The maximum Gasteiger partial charge on any atom is 0.259 e. The summed E-state index contributed by atoms with van der Waals surface area (Å²) in [4.78, 5) is 30.2. The minimum atomic E-state index is -0.438. The molecule has 144 valence electrons. The fraction of sp³-hybridized carbons (Fsp3) is 0.278. The van der Waals surface area contributed by atoms with Gasteiger partial charge in [0.15, 0.2) is 0 Å². The topological polar surface area (TPSA) is 80.8 Å². The second kappa shape index (κ2) is 10.1. The number of methoxy groups -OCH3 is 1. The predicted octanol–water partition coefficient (Wildman–Crippen LogP) is 3.12. The summed E-state index contributed by atoms with van der Waals surface area (Å²) in [6.07, 6.45) is 1.52. The molecule has 0 bridgehead atoms. The predicted molar refractivity (Wildman–Crippen MR) is 104 cm³/mol. The number of ether oxygens (including phenoxy) is 2. The fourth-order valence-corrected chi connectivity index (χ4v) is 2.67. The first-order chi connectivity index (χ1) is 12.9. The molecule has 1 N–H and O–H groups in total. The largest absolute Gasteiger partial charge is 0.475 e. The summed E-state index contributed by atoms with van der Waals surface area (Å²) in [5, 5.41) is 3.23. The van der Waals surface area contributed by atoms with Crippen molar-refractivity contribution in [3.05, 3.63) is 52.1 Å². The van der Waals surface area contributed by atoms with Crippen LogP contribution in [0.4, 0.5) is 5.69 Å². The summed E-state index contributed by atoms with van der Waals surface area (Å²) in [5.74, 6) is -0.663. The highest BCUT2D eigenvalue weighted by molar-refractivity contribution is 6.39. The van der Waals surface area contributed by atoms with Crippen molar-refractivity contribution >= 4 is 40.7 Å². The van der Waals surface area contributed by atoms with Crippen molar-refractivity contribution < 1.29 is 19.1 Å².